The van der Waals surface area contributed by atoms with Gasteiger partial charge in [0.2, 0.25) is 0 Å². The quantitative estimate of drug-likeness (QED) is 0.139. The molecule has 1 aliphatic heterocycles. The Labute approximate surface area is 187 Å². The van der Waals surface area contributed by atoms with Crippen molar-refractivity contribution in [1.29, 1.82) is 0 Å². The molecule has 0 unspecified atom stereocenters. The second-order valence-electron chi connectivity index (χ2n) is 8.99. The van der Waals surface area contributed by atoms with Crippen molar-refractivity contribution in [1.82, 2.24) is 0 Å². The van der Waals surface area contributed by atoms with E-state index >= 15 is 0 Å². The number of ether oxygens (including phenoxy) is 4. The zero-order chi connectivity index (χ0) is 22.5. The van der Waals surface area contributed by atoms with E-state index in [0.717, 1.165) is 57.8 Å². The van der Waals surface area contributed by atoms with E-state index in [1.165, 1.54) is 0 Å². The van der Waals surface area contributed by atoms with Gasteiger partial charge in [-0.1, -0.05) is 38.7 Å². The minimum absolute atomic E-state index is 0.0772. The number of hydrogen-bond donors (Lipinski definition) is 2. The number of rotatable bonds is 14. The summed E-state index contributed by atoms with van der Waals surface area (Å²) in [7, 11) is 0. The zero-order valence-corrected chi connectivity index (χ0v) is 19.2. The van der Waals surface area contributed by atoms with Crippen molar-refractivity contribution in [2.24, 2.45) is 0 Å². The lowest BCUT2D eigenvalue weighted by Crippen LogP contribution is -2.41. The molecule has 0 bridgehead atoms. The number of esters is 1. The van der Waals surface area contributed by atoms with Crippen LogP contribution in [0.3, 0.4) is 0 Å². The van der Waals surface area contributed by atoms with E-state index < -0.39 is 17.9 Å². The molecule has 0 spiro atoms. The summed E-state index contributed by atoms with van der Waals surface area (Å²) < 4.78 is 23.4. The molecule has 0 aromatic heterocycles. The van der Waals surface area contributed by atoms with Gasteiger partial charge in [0.25, 0.3) is 0 Å². The normalized spacial score (nSPS) is 25.8. The molecule has 2 rings (SSSR count). The summed E-state index contributed by atoms with van der Waals surface area (Å²) in [5, 5.41) is 19.8. The van der Waals surface area contributed by atoms with Crippen molar-refractivity contribution in [2.45, 2.75) is 108 Å². The van der Waals surface area contributed by atoms with Gasteiger partial charge in [-0.25, -0.2) is 4.79 Å². The summed E-state index contributed by atoms with van der Waals surface area (Å²) in [5.41, 5.74) is 0.344. The average Bonchev–Trinajstić information content (AvgIpc) is 2.97. The fourth-order valence-electron chi connectivity index (χ4n) is 4.20. The summed E-state index contributed by atoms with van der Waals surface area (Å²) in [5.74, 6) is -1.58. The molecule has 3 atom stereocenters. The Morgan fingerprint density at radius 3 is 2.42 bits per heavy atom. The van der Waals surface area contributed by atoms with Crippen LogP contribution in [0.1, 0.15) is 84.0 Å². The first kappa shape index (κ1) is 26.3. The standard InChI is InChI=1S/C24H42O7/c1-19(2)23(26)29-18-22-21(31-24(27)12-8-4-5-9-13-24)16-20(30-22)17-28-15-11-7-3-6-10-14-25/h20-22,25,27H,1,3-18H2,2H3/t20-,21-,22-/m0/s1. The maximum absolute atomic E-state index is 11.8. The van der Waals surface area contributed by atoms with Gasteiger partial charge < -0.3 is 29.2 Å². The van der Waals surface area contributed by atoms with Crippen molar-refractivity contribution in [3.05, 3.63) is 12.2 Å². The van der Waals surface area contributed by atoms with Crippen LogP contribution in [0.15, 0.2) is 12.2 Å². The van der Waals surface area contributed by atoms with Gasteiger partial charge in [-0.2, -0.15) is 0 Å². The van der Waals surface area contributed by atoms with Crippen LogP contribution in [0, 0.1) is 0 Å². The predicted octanol–water partition coefficient (Wildman–Crippen LogP) is 3.65. The molecule has 2 aliphatic rings. The van der Waals surface area contributed by atoms with Crippen LogP contribution in [0.4, 0.5) is 0 Å². The van der Waals surface area contributed by atoms with Crippen LogP contribution >= 0.6 is 0 Å². The van der Waals surface area contributed by atoms with Gasteiger partial charge in [0.1, 0.15) is 12.7 Å². The molecular weight excluding hydrogens is 400 g/mol. The van der Waals surface area contributed by atoms with Crippen molar-refractivity contribution in [2.75, 3.05) is 26.4 Å². The van der Waals surface area contributed by atoms with Crippen LogP contribution in [0.25, 0.3) is 0 Å². The third-order valence-corrected chi connectivity index (χ3v) is 6.01. The van der Waals surface area contributed by atoms with Gasteiger partial charge in [-0.05, 0) is 32.6 Å². The van der Waals surface area contributed by atoms with Crippen LogP contribution in [-0.2, 0) is 23.7 Å². The van der Waals surface area contributed by atoms with Crippen molar-refractivity contribution >= 4 is 5.97 Å². The minimum Gasteiger partial charge on any atom is -0.459 e. The third-order valence-electron chi connectivity index (χ3n) is 6.01. The highest BCUT2D eigenvalue weighted by Crippen LogP contribution is 2.34. The molecule has 7 nitrogen and oxygen atoms in total. The van der Waals surface area contributed by atoms with Crippen LogP contribution in [0.5, 0.6) is 0 Å². The molecule has 1 saturated heterocycles. The van der Waals surface area contributed by atoms with Gasteiger partial charge in [-0.15, -0.1) is 0 Å². The fraction of sp³-hybridized carbons (Fsp3) is 0.875. The zero-order valence-electron chi connectivity index (χ0n) is 19.2. The molecule has 31 heavy (non-hydrogen) atoms. The minimum atomic E-state index is -1.13. The SMILES string of the molecule is C=C(C)C(=O)OC[C@@H]1O[C@H](COCCCCCCCO)C[C@@H]1OC1(O)CCCCCC1. The highest BCUT2D eigenvalue weighted by Gasteiger charge is 2.42. The maximum atomic E-state index is 11.8. The number of carbonyl (C=O) groups excluding carboxylic acids is 1. The lowest BCUT2D eigenvalue weighted by molar-refractivity contribution is -0.245. The van der Waals surface area contributed by atoms with E-state index in [0.29, 0.717) is 38.0 Å². The molecule has 0 aromatic carbocycles. The molecule has 2 N–H and O–H groups in total. The Bertz CT molecular complexity index is 528. The molecule has 1 saturated carbocycles. The van der Waals surface area contributed by atoms with E-state index in [4.69, 9.17) is 24.1 Å². The van der Waals surface area contributed by atoms with E-state index in [-0.39, 0.29) is 25.4 Å². The van der Waals surface area contributed by atoms with Crippen LogP contribution in [0.2, 0.25) is 0 Å². The molecule has 1 aliphatic carbocycles. The summed E-state index contributed by atoms with van der Waals surface area (Å²) in [6, 6.07) is 0. The second-order valence-corrected chi connectivity index (χ2v) is 8.99. The number of aliphatic hydroxyl groups is 2. The molecule has 0 amide bonds. The summed E-state index contributed by atoms with van der Waals surface area (Å²) in [4.78, 5) is 11.8. The molecule has 0 aromatic rings. The van der Waals surface area contributed by atoms with Gasteiger partial charge in [-0.3, -0.25) is 0 Å². The first-order chi connectivity index (χ1) is 14.9. The topological polar surface area (TPSA) is 94.5 Å². The van der Waals surface area contributed by atoms with Gasteiger partial charge in [0.05, 0.1) is 18.8 Å². The average molecular weight is 443 g/mol. The van der Waals surface area contributed by atoms with E-state index in [1.54, 1.807) is 6.92 Å². The summed E-state index contributed by atoms with van der Waals surface area (Å²) >= 11 is 0. The second kappa shape index (κ2) is 14.2. The lowest BCUT2D eigenvalue weighted by atomic mass is 10.1. The van der Waals surface area contributed by atoms with Gasteiger partial charge >= 0.3 is 5.97 Å². The maximum Gasteiger partial charge on any atom is 0.333 e. The van der Waals surface area contributed by atoms with E-state index in [9.17, 15) is 9.90 Å². The Balaban J connectivity index is 1.80. The van der Waals surface area contributed by atoms with Crippen LogP contribution in [-0.4, -0.2) is 66.7 Å². The Kier molecular flexibility index (Phi) is 12.0. The molecular formula is C24H42O7. The summed E-state index contributed by atoms with van der Waals surface area (Å²) in [6.07, 6.45) is 10.2. The monoisotopic (exact) mass is 442 g/mol. The smallest absolute Gasteiger partial charge is 0.333 e. The Morgan fingerprint density at radius 2 is 1.74 bits per heavy atom. The molecule has 180 valence electrons. The summed E-state index contributed by atoms with van der Waals surface area (Å²) in [6.45, 7) is 6.69. The highest BCUT2D eigenvalue weighted by atomic mass is 16.7. The van der Waals surface area contributed by atoms with Crippen molar-refractivity contribution in [3.8, 4) is 0 Å². The predicted molar refractivity (Wildman–Crippen MR) is 118 cm³/mol. The van der Waals surface area contributed by atoms with E-state index in [1.807, 2.05) is 0 Å². The van der Waals surface area contributed by atoms with Gasteiger partial charge in [0, 0.05) is 38.0 Å². The highest BCUT2D eigenvalue weighted by molar-refractivity contribution is 5.86. The first-order valence-electron chi connectivity index (χ1n) is 12.0. The first-order valence-corrected chi connectivity index (χ1v) is 12.0. The molecule has 7 heteroatoms. The number of hydrogen-bond acceptors (Lipinski definition) is 7. The molecule has 0 radical (unpaired) electrons. The number of carbonyl (C=O) groups is 1. The van der Waals surface area contributed by atoms with E-state index in [2.05, 4.69) is 6.58 Å². The lowest BCUT2D eigenvalue weighted by Gasteiger charge is -2.32. The number of aliphatic hydroxyl groups excluding tert-OH is 1. The van der Waals surface area contributed by atoms with Crippen LogP contribution < -0.4 is 0 Å². The molecule has 2 fully saturated rings. The largest absolute Gasteiger partial charge is 0.459 e. The number of unbranched alkanes of at least 4 members (excludes halogenated alkanes) is 4. The van der Waals surface area contributed by atoms with Crippen molar-refractivity contribution < 1.29 is 34.0 Å². The molecule has 1 heterocycles. The third kappa shape index (κ3) is 10.00. The van der Waals surface area contributed by atoms with Gasteiger partial charge in [0.15, 0.2) is 5.79 Å². The van der Waals surface area contributed by atoms with Crippen molar-refractivity contribution in [3.63, 3.8) is 0 Å². The fourth-order valence-corrected chi connectivity index (χ4v) is 4.20. The Morgan fingerprint density at radius 1 is 1.06 bits per heavy atom. The Hall–Kier alpha value is -0.990.